The van der Waals surface area contributed by atoms with Gasteiger partial charge in [0, 0.05) is 23.4 Å². The Bertz CT molecular complexity index is 1030. The number of benzene rings is 3. The lowest BCUT2D eigenvalue weighted by atomic mass is 10.0. The van der Waals surface area contributed by atoms with Crippen molar-refractivity contribution >= 4 is 34.8 Å². The number of fused-ring (bicyclic) bond motifs is 1. The molecule has 3 aromatic carbocycles. The Morgan fingerprint density at radius 3 is 2.32 bits per heavy atom. The van der Waals surface area contributed by atoms with E-state index in [0.29, 0.717) is 28.4 Å². The van der Waals surface area contributed by atoms with Crippen molar-refractivity contribution in [2.24, 2.45) is 0 Å². The van der Waals surface area contributed by atoms with Crippen molar-refractivity contribution in [3.8, 4) is 0 Å². The van der Waals surface area contributed by atoms with Gasteiger partial charge >= 0.3 is 0 Å². The molecule has 0 spiro atoms. The minimum Gasteiger partial charge on any atom is -0.321 e. The van der Waals surface area contributed by atoms with E-state index < -0.39 is 0 Å². The molecule has 4 nitrogen and oxygen atoms in total. The number of rotatable bonds is 3. The van der Waals surface area contributed by atoms with Gasteiger partial charge in [0.1, 0.15) is 0 Å². The molecule has 5 heteroatoms. The van der Waals surface area contributed by atoms with Crippen LogP contribution in [0.5, 0.6) is 0 Å². The number of hydrogen-bond acceptors (Lipinski definition) is 2. The van der Waals surface area contributed by atoms with Crippen molar-refractivity contribution in [3.63, 3.8) is 0 Å². The second-order valence-corrected chi connectivity index (χ2v) is 7.11. The highest BCUT2D eigenvalue weighted by Crippen LogP contribution is 2.28. The van der Waals surface area contributed by atoms with Crippen molar-refractivity contribution in [3.05, 3.63) is 94.5 Å². The predicted octanol–water partition coefficient (Wildman–Crippen LogP) is 5.19. The lowest BCUT2D eigenvalue weighted by Crippen LogP contribution is -2.35. The zero-order valence-electron chi connectivity index (χ0n) is 15.2. The summed E-state index contributed by atoms with van der Waals surface area (Å²) in [5.74, 6) is -0.319. The summed E-state index contributed by atoms with van der Waals surface area (Å²) in [4.78, 5) is 27.3. The van der Waals surface area contributed by atoms with E-state index in [9.17, 15) is 9.59 Å². The molecule has 1 heterocycles. The van der Waals surface area contributed by atoms with E-state index in [1.807, 2.05) is 23.1 Å². The molecule has 1 N–H and O–H groups in total. The summed E-state index contributed by atoms with van der Waals surface area (Å²) in [5.41, 5.74) is 3.75. The van der Waals surface area contributed by atoms with Crippen LogP contribution in [0.2, 0.25) is 5.02 Å². The van der Waals surface area contributed by atoms with Gasteiger partial charge in [-0.2, -0.15) is 0 Å². The molecule has 0 aliphatic carbocycles. The molecule has 2 amide bonds. The second-order valence-electron chi connectivity index (χ2n) is 6.70. The minimum atomic E-state index is -0.268. The average molecular weight is 391 g/mol. The fraction of sp³-hybridized carbons (Fsp3) is 0.130. The van der Waals surface area contributed by atoms with Crippen LogP contribution < -0.4 is 10.2 Å². The Balaban J connectivity index is 1.51. The van der Waals surface area contributed by atoms with E-state index in [-0.39, 0.29) is 11.8 Å². The number of para-hydroxylation sites is 2. The Kier molecular flexibility index (Phi) is 5.13. The van der Waals surface area contributed by atoms with Gasteiger partial charge in [-0.1, -0.05) is 41.9 Å². The highest BCUT2D eigenvalue weighted by molar-refractivity contribution is 6.33. The fourth-order valence-electron chi connectivity index (χ4n) is 3.42. The standard InChI is InChI=1S/C23H19ClN2O2/c24-19-8-2-3-9-20(19)25-22(27)17-11-13-18(14-12-17)23(28)26-15-5-7-16-6-1-4-10-21(16)26/h1-4,6,8-14H,5,7,15H2,(H,25,27). The number of carbonyl (C=O) groups excluding carboxylic acids is 2. The number of carbonyl (C=O) groups is 2. The molecular weight excluding hydrogens is 372 g/mol. The van der Waals surface area contributed by atoms with Gasteiger partial charge in [0.15, 0.2) is 0 Å². The largest absolute Gasteiger partial charge is 0.321 e. The number of nitrogens with zero attached hydrogens (tertiary/aromatic N) is 1. The summed E-state index contributed by atoms with van der Waals surface area (Å²) in [6, 6.07) is 21.8. The first-order valence-corrected chi connectivity index (χ1v) is 9.57. The van der Waals surface area contributed by atoms with E-state index >= 15 is 0 Å². The van der Waals surface area contributed by atoms with Gasteiger partial charge in [0.05, 0.1) is 10.7 Å². The Morgan fingerprint density at radius 2 is 1.54 bits per heavy atom. The van der Waals surface area contributed by atoms with Gasteiger partial charge in [-0.05, 0) is 60.9 Å². The van der Waals surface area contributed by atoms with Crippen LogP contribution in [0.15, 0.2) is 72.8 Å². The van der Waals surface area contributed by atoms with Crippen molar-refractivity contribution < 1.29 is 9.59 Å². The Morgan fingerprint density at radius 1 is 0.857 bits per heavy atom. The highest BCUT2D eigenvalue weighted by atomic mass is 35.5. The van der Waals surface area contributed by atoms with E-state index in [0.717, 1.165) is 18.5 Å². The van der Waals surface area contributed by atoms with Crippen LogP contribution in [0, 0.1) is 0 Å². The number of aryl methyl sites for hydroxylation is 1. The molecule has 1 aliphatic heterocycles. The van der Waals surface area contributed by atoms with Crippen LogP contribution in [0.1, 0.15) is 32.7 Å². The summed E-state index contributed by atoms with van der Waals surface area (Å²) in [7, 11) is 0. The van der Waals surface area contributed by atoms with Crippen LogP contribution >= 0.6 is 11.6 Å². The maximum Gasteiger partial charge on any atom is 0.258 e. The van der Waals surface area contributed by atoms with Crippen molar-refractivity contribution in [1.82, 2.24) is 0 Å². The lowest BCUT2D eigenvalue weighted by Gasteiger charge is -2.29. The third-order valence-electron chi connectivity index (χ3n) is 4.87. The Labute approximate surface area is 168 Å². The molecular formula is C23H19ClN2O2. The van der Waals surface area contributed by atoms with E-state index in [1.165, 1.54) is 5.56 Å². The monoisotopic (exact) mass is 390 g/mol. The quantitative estimate of drug-likeness (QED) is 0.669. The van der Waals surface area contributed by atoms with Gasteiger partial charge in [0.2, 0.25) is 0 Å². The number of hydrogen-bond donors (Lipinski definition) is 1. The van der Waals surface area contributed by atoms with E-state index in [1.54, 1.807) is 48.5 Å². The van der Waals surface area contributed by atoms with Crippen molar-refractivity contribution in [2.45, 2.75) is 12.8 Å². The molecule has 0 saturated carbocycles. The molecule has 140 valence electrons. The fourth-order valence-corrected chi connectivity index (χ4v) is 3.60. The molecule has 0 bridgehead atoms. The van der Waals surface area contributed by atoms with E-state index in [4.69, 9.17) is 11.6 Å². The van der Waals surface area contributed by atoms with Gasteiger partial charge in [-0.25, -0.2) is 0 Å². The first-order chi connectivity index (χ1) is 13.6. The SMILES string of the molecule is O=C(Nc1ccccc1Cl)c1ccc(C(=O)N2CCCc3ccccc32)cc1. The summed E-state index contributed by atoms with van der Waals surface area (Å²) in [6.45, 7) is 0.699. The Hall–Kier alpha value is -3.11. The van der Waals surface area contributed by atoms with Crippen LogP contribution in [-0.2, 0) is 6.42 Å². The van der Waals surface area contributed by atoms with Crippen LogP contribution in [-0.4, -0.2) is 18.4 Å². The smallest absolute Gasteiger partial charge is 0.258 e. The maximum absolute atomic E-state index is 13.0. The van der Waals surface area contributed by atoms with Gasteiger partial charge in [-0.3, -0.25) is 9.59 Å². The van der Waals surface area contributed by atoms with E-state index in [2.05, 4.69) is 11.4 Å². The molecule has 0 saturated heterocycles. The second kappa shape index (κ2) is 7.87. The zero-order chi connectivity index (χ0) is 19.5. The molecule has 0 aromatic heterocycles. The van der Waals surface area contributed by atoms with Crippen LogP contribution in [0.4, 0.5) is 11.4 Å². The average Bonchev–Trinajstić information content (AvgIpc) is 2.74. The normalized spacial score (nSPS) is 13.0. The summed E-state index contributed by atoms with van der Waals surface area (Å²) >= 11 is 6.08. The molecule has 0 unspecified atom stereocenters. The number of amides is 2. The molecule has 0 atom stereocenters. The first kappa shape index (κ1) is 18.3. The predicted molar refractivity (Wildman–Crippen MR) is 112 cm³/mol. The third-order valence-corrected chi connectivity index (χ3v) is 5.20. The number of anilines is 2. The molecule has 0 radical (unpaired) electrons. The lowest BCUT2D eigenvalue weighted by molar-refractivity contribution is 0.0982. The van der Waals surface area contributed by atoms with Crippen LogP contribution in [0.25, 0.3) is 0 Å². The van der Waals surface area contributed by atoms with Gasteiger partial charge in [0.25, 0.3) is 11.8 Å². The summed E-state index contributed by atoms with van der Waals surface area (Å²) in [5, 5.41) is 3.26. The molecule has 0 fully saturated rings. The van der Waals surface area contributed by atoms with Crippen molar-refractivity contribution in [2.75, 3.05) is 16.8 Å². The molecule has 3 aromatic rings. The number of halogens is 1. The van der Waals surface area contributed by atoms with Crippen LogP contribution in [0.3, 0.4) is 0 Å². The number of nitrogens with one attached hydrogen (secondary N) is 1. The zero-order valence-corrected chi connectivity index (χ0v) is 15.9. The molecule has 28 heavy (non-hydrogen) atoms. The summed E-state index contributed by atoms with van der Waals surface area (Å²) in [6.07, 6.45) is 1.93. The maximum atomic E-state index is 13.0. The molecule has 4 rings (SSSR count). The first-order valence-electron chi connectivity index (χ1n) is 9.19. The minimum absolute atomic E-state index is 0.0507. The van der Waals surface area contributed by atoms with Gasteiger partial charge < -0.3 is 10.2 Å². The summed E-state index contributed by atoms with van der Waals surface area (Å²) < 4.78 is 0. The van der Waals surface area contributed by atoms with Gasteiger partial charge in [-0.15, -0.1) is 0 Å². The molecule has 1 aliphatic rings. The van der Waals surface area contributed by atoms with Crippen molar-refractivity contribution in [1.29, 1.82) is 0 Å². The topological polar surface area (TPSA) is 49.4 Å². The highest BCUT2D eigenvalue weighted by Gasteiger charge is 2.23. The third kappa shape index (κ3) is 3.64.